The average molecular weight is 417 g/mol. The molecule has 0 bridgehead atoms. The van der Waals surface area contributed by atoms with Crippen LogP contribution in [-0.2, 0) is 20.1 Å². The Bertz CT molecular complexity index is 602. The van der Waals surface area contributed by atoms with Crippen LogP contribution in [0.25, 0.3) is 0 Å². The van der Waals surface area contributed by atoms with Gasteiger partial charge in [0.1, 0.15) is 5.75 Å². The number of benzene rings is 1. The van der Waals surface area contributed by atoms with Crippen LogP contribution in [0, 0.1) is 6.92 Å². The molecule has 114 valence electrons. The van der Waals surface area contributed by atoms with Gasteiger partial charge in [-0.25, -0.2) is 0 Å². The fraction of sp³-hybridized carbons (Fsp3) is 0.400. The Morgan fingerprint density at radius 2 is 1.90 bits per heavy atom. The Kier molecular flexibility index (Phi) is 5.84. The normalized spacial score (nSPS) is 10.9. The van der Waals surface area contributed by atoms with E-state index in [1.807, 2.05) is 24.9 Å². The number of rotatable bonds is 6. The Morgan fingerprint density at radius 3 is 2.43 bits per heavy atom. The highest BCUT2D eigenvalue weighted by atomic mass is 79.9. The Morgan fingerprint density at radius 1 is 1.24 bits per heavy atom. The largest absolute Gasteiger partial charge is 0.492 e. The lowest BCUT2D eigenvalue weighted by Gasteiger charge is -2.11. The smallest absolute Gasteiger partial charge is 0.147 e. The minimum Gasteiger partial charge on any atom is -0.492 e. The van der Waals surface area contributed by atoms with E-state index in [2.05, 4.69) is 61.3 Å². The van der Waals surface area contributed by atoms with E-state index < -0.39 is 0 Å². The first-order chi connectivity index (χ1) is 10.0. The molecular weight excluding hydrogens is 398 g/mol. The fourth-order valence-corrected chi connectivity index (χ4v) is 3.57. The summed E-state index contributed by atoms with van der Waals surface area (Å²) in [6, 6.07) is 4.16. The number of nitrogens with zero attached hydrogens (tertiary/aromatic N) is 2. The van der Waals surface area contributed by atoms with E-state index in [1.165, 1.54) is 16.8 Å². The van der Waals surface area contributed by atoms with Gasteiger partial charge < -0.3 is 10.1 Å². The second kappa shape index (κ2) is 7.42. The third-order valence-electron chi connectivity index (χ3n) is 3.33. The number of hydrogen-bond acceptors (Lipinski definition) is 3. The van der Waals surface area contributed by atoms with Crippen molar-refractivity contribution in [1.82, 2.24) is 15.1 Å². The second-order valence-corrected chi connectivity index (χ2v) is 6.51. The van der Waals surface area contributed by atoms with Crippen molar-refractivity contribution < 1.29 is 4.74 Å². The van der Waals surface area contributed by atoms with Gasteiger partial charge in [0, 0.05) is 31.4 Å². The zero-order chi connectivity index (χ0) is 15.4. The zero-order valence-electron chi connectivity index (χ0n) is 12.4. The molecule has 0 saturated carbocycles. The van der Waals surface area contributed by atoms with Crippen molar-refractivity contribution in [2.75, 3.05) is 6.61 Å². The quantitative estimate of drug-likeness (QED) is 0.774. The lowest BCUT2D eigenvalue weighted by Crippen LogP contribution is -2.13. The molecule has 21 heavy (non-hydrogen) atoms. The number of aromatic nitrogens is 2. The van der Waals surface area contributed by atoms with Crippen molar-refractivity contribution in [3.05, 3.63) is 44.1 Å². The predicted octanol–water partition coefficient (Wildman–Crippen LogP) is 3.94. The molecule has 0 amide bonds. The first kappa shape index (κ1) is 16.5. The minimum absolute atomic E-state index is 0.648. The van der Waals surface area contributed by atoms with E-state index in [0.29, 0.717) is 6.61 Å². The van der Waals surface area contributed by atoms with Gasteiger partial charge in [-0.05, 0) is 63.4 Å². The Labute approximate surface area is 142 Å². The summed E-state index contributed by atoms with van der Waals surface area (Å²) in [5.74, 6) is 0.851. The van der Waals surface area contributed by atoms with Gasteiger partial charge >= 0.3 is 0 Å². The van der Waals surface area contributed by atoms with Crippen molar-refractivity contribution in [2.45, 2.75) is 26.9 Å². The van der Waals surface area contributed by atoms with Crippen LogP contribution in [0.1, 0.15) is 23.7 Å². The van der Waals surface area contributed by atoms with Crippen LogP contribution in [0.4, 0.5) is 0 Å². The average Bonchev–Trinajstić information content (AvgIpc) is 2.75. The summed E-state index contributed by atoms with van der Waals surface area (Å²) in [6.45, 7) is 6.30. The van der Waals surface area contributed by atoms with Crippen molar-refractivity contribution in [2.24, 2.45) is 7.05 Å². The number of nitrogens with one attached hydrogen (secondary N) is 1. The predicted molar refractivity (Wildman–Crippen MR) is 91.5 cm³/mol. The first-order valence-electron chi connectivity index (χ1n) is 6.81. The van der Waals surface area contributed by atoms with Gasteiger partial charge in [-0.3, -0.25) is 4.68 Å². The molecule has 1 heterocycles. The molecule has 6 heteroatoms. The monoisotopic (exact) mass is 415 g/mol. The third kappa shape index (κ3) is 4.08. The summed E-state index contributed by atoms with van der Waals surface area (Å²) in [4.78, 5) is 0. The molecule has 0 radical (unpaired) electrons. The summed E-state index contributed by atoms with van der Waals surface area (Å²) in [5.41, 5.74) is 3.61. The van der Waals surface area contributed by atoms with E-state index >= 15 is 0 Å². The van der Waals surface area contributed by atoms with Gasteiger partial charge in [0.2, 0.25) is 0 Å². The Balaban J connectivity index is 1.99. The molecule has 0 fully saturated rings. The van der Waals surface area contributed by atoms with Crippen LogP contribution in [0.15, 0.2) is 27.3 Å². The molecule has 1 N–H and O–H groups in total. The van der Waals surface area contributed by atoms with Crippen LogP contribution in [0.3, 0.4) is 0 Å². The summed E-state index contributed by atoms with van der Waals surface area (Å²) in [5, 5.41) is 7.69. The number of halogens is 2. The molecule has 2 aromatic rings. The molecular formula is C15H19Br2N3O. The highest BCUT2D eigenvalue weighted by Gasteiger charge is 2.09. The molecule has 0 aliphatic carbocycles. The molecule has 1 aromatic heterocycles. The van der Waals surface area contributed by atoms with Crippen LogP contribution >= 0.6 is 31.9 Å². The maximum atomic E-state index is 5.59. The van der Waals surface area contributed by atoms with Gasteiger partial charge in [0.25, 0.3) is 0 Å². The van der Waals surface area contributed by atoms with E-state index in [4.69, 9.17) is 4.74 Å². The minimum atomic E-state index is 0.648. The summed E-state index contributed by atoms with van der Waals surface area (Å²) in [6.07, 6.45) is 1.91. The van der Waals surface area contributed by atoms with Crippen LogP contribution in [-0.4, -0.2) is 16.4 Å². The second-order valence-electron chi connectivity index (χ2n) is 4.80. The van der Waals surface area contributed by atoms with Crippen LogP contribution in [0.2, 0.25) is 0 Å². The van der Waals surface area contributed by atoms with Gasteiger partial charge in [0.15, 0.2) is 0 Å². The lowest BCUT2D eigenvalue weighted by molar-refractivity contribution is 0.336. The summed E-state index contributed by atoms with van der Waals surface area (Å²) < 4.78 is 9.41. The SMILES string of the molecule is CCOc1c(Br)cc(CNCc2cnn(C)c2C)cc1Br. The zero-order valence-corrected chi connectivity index (χ0v) is 15.6. The molecule has 2 rings (SSSR count). The summed E-state index contributed by atoms with van der Waals surface area (Å²) >= 11 is 7.11. The van der Waals surface area contributed by atoms with Gasteiger partial charge in [0.05, 0.1) is 21.7 Å². The molecule has 0 spiro atoms. The van der Waals surface area contributed by atoms with Crippen molar-refractivity contribution in [3.63, 3.8) is 0 Å². The standard InChI is InChI=1S/C15H19Br2N3O/c1-4-21-15-13(16)5-11(6-14(15)17)7-18-8-12-9-19-20(3)10(12)2/h5-6,9,18H,4,7-8H2,1-3H3. The number of aryl methyl sites for hydroxylation is 1. The van der Waals surface area contributed by atoms with Crippen LogP contribution < -0.4 is 10.1 Å². The maximum Gasteiger partial charge on any atom is 0.147 e. The lowest BCUT2D eigenvalue weighted by atomic mass is 10.2. The summed E-state index contributed by atoms with van der Waals surface area (Å²) in [7, 11) is 1.96. The maximum absolute atomic E-state index is 5.59. The van der Waals surface area contributed by atoms with Gasteiger partial charge in [-0.15, -0.1) is 0 Å². The van der Waals surface area contributed by atoms with Crippen LogP contribution in [0.5, 0.6) is 5.75 Å². The fourth-order valence-electron chi connectivity index (χ4n) is 2.06. The van der Waals surface area contributed by atoms with Gasteiger partial charge in [-0.1, -0.05) is 0 Å². The molecule has 0 saturated heterocycles. The highest BCUT2D eigenvalue weighted by Crippen LogP contribution is 2.34. The molecule has 4 nitrogen and oxygen atoms in total. The third-order valence-corrected chi connectivity index (χ3v) is 4.51. The molecule has 1 aromatic carbocycles. The van der Waals surface area contributed by atoms with E-state index in [1.54, 1.807) is 0 Å². The first-order valence-corrected chi connectivity index (χ1v) is 8.40. The van der Waals surface area contributed by atoms with E-state index in [9.17, 15) is 0 Å². The van der Waals surface area contributed by atoms with Crippen molar-refractivity contribution in [3.8, 4) is 5.75 Å². The van der Waals surface area contributed by atoms with Crippen molar-refractivity contribution in [1.29, 1.82) is 0 Å². The molecule has 0 aliphatic heterocycles. The Hall–Kier alpha value is -0.850. The number of hydrogen-bond donors (Lipinski definition) is 1. The van der Waals surface area contributed by atoms with Gasteiger partial charge in [-0.2, -0.15) is 5.10 Å². The molecule has 0 aliphatic rings. The number of ether oxygens (including phenoxy) is 1. The topological polar surface area (TPSA) is 39.1 Å². The van der Waals surface area contributed by atoms with Crippen molar-refractivity contribution >= 4 is 31.9 Å². The highest BCUT2D eigenvalue weighted by molar-refractivity contribution is 9.11. The molecule has 0 unspecified atom stereocenters. The van der Waals surface area contributed by atoms with E-state index in [0.717, 1.165) is 27.8 Å². The molecule has 0 atom stereocenters. The van der Waals surface area contributed by atoms with E-state index in [-0.39, 0.29) is 0 Å².